The van der Waals surface area contributed by atoms with E-state index < -0.39 is 285 Å². The van der Waals surface area contributed by atoms with Crippen molar-refractivity contribution in [2.45, 2.75) is 220 Å². The number of thioether (sulfide) groups is 3. The molecule has 16 amide bonds. The molecule has 2 aromatic rings. The molecule has 0 spiro atoms. The van der Waals surface area contributed by atoms with Gasteiger partial charge in [-0.3, -0.25) is 107 Å². The van der Waals surface area contributed by atoms with Crippen molar-refractivity contribution in [3.63, 3.8) is 0 Å². The summed E-state index contributed by atoms with van der Waals surface area (Å²) in [7, 11) is 0. The second-order valence-corrected chi connectivity index (χ2v) is 35.5. The summed E-state index contributed by atoms with van der Waals surface area (Å²) in [5, 5.41) is 131. The van der Waals surface area contributed by atoms with E-state index in [1.165, 1.54) is 52.0 Å². The van der Waals surface area contributed by atoms with Crippen LogP contribution in [0.3, 0.4) is 0 Å². The standard InChI is InChI=1S/C81H126N26O25S3/c1-38(2)22-51-71(125)102-54(30-108)74(128)94-41(6)65(119)105-56(67(121)93-29-62(116)117)35-133-32-43-23-44-25-45(24-43)34-135-37-58(76(130)96-47(10-7-19-89-79(83)84)66(120)92-28-59(111)95-48(68(122)99-51)11-8-20-90-80(85)86)106-73(127)53(27-61(114)115)101-78(132)63(39(3)4)107-70(124)50(17-18-60(112)113)98-72(126)52(26-42-13-15-46(110)16-14-42)100-69(123)49(12-9-21-91-81(87)88)97-75(129)55(31-109)103-77(131)57(36-134-33-44)104-64(118)40(5)82/h13-16,23-25,38-41,47-58,63,108-110H,7-12,17-22,26-37,82H2,1-6H3,(H,92,120)(H,93,121)(H,94,128)(H,95,111)(H,96,130)(H,97,129)(H,98,126)(H,99,122)(H,100,123)(H,101,132)(H,102,125)(H,103,131)(H,104,118)(H,105,119)(H,106,127)(H,107,124)(H,112,113)(H,114,115)(H,116,117)(H4,83,84,89)(H4,85,86,90)(H4,87,88,91)/t40-,41-,47-,48-,49-,50-,51+,52-,53-,54-,55-,56-,57-,58-,63-/m0/s1. The lowest BCUT2D eigenvalue weighted by Crippen LogP contribution is -2.62. The van der Waals surface area contributed by atoms with Gasteiger partial charge in [-0.25, -0.2) is 0 Å². The van der Waals surface area contributed by atoms with Gasteiger partial charge in [-0.2, -0.15) is 35.3 Å². The van der Waals surface area contributed by atoms with E-state index in [4.69, 9.17) is 39.2 Å². The summed E-state index contributed by atoms with van der Waals surface area (Å²) < 4.78 is 0. The summed E-state index contributed by atoms with van der Waals surface area (Å²) >= 11 is 2.89. The van der Waals surface area contributed by atoms with Crippen molar-refractivity contribution in [1.29, 1.82) is 16.2 Å². The van der Waals surface area contributed by atoms with Crippen LogP contribution in [-0.4, -0.2) is 315 Å². The Labute approximate surface area is 789 Å². The fourth-order valence-electron chi connectivity index (χ4n) is 13.0. The largest absolute Gasteiger partial charge is 0.508 e. The molecule has 0 saturated carbocycles. The second-order valence-electron chi connectivity index (χ2n) is 32.4. The number of aliphatic carboxylic acids is 3. The zero-order valence-electron chi connectivity index (χ0n) is 75.3. The van der Waals surface area contributed by atoms with E-state index in [1.54, 1.807) is 32.0 Å². The van der Waals surface area contributed by atoms with Gasteiger partial charge in [0.25, 0.3) is 0 Å². The highest BCUT2D eigenvalue weighted by molar-refractivity contribution is 7.99. The molecule has 0 saturated heterocycles. The molecule has 36 N–H and O–H groups in total. The maximum absolute atomic E-state index is 15.3. The Balaban J connectivity index is 2.10. The van der Waals surface area contributed by atoms with Crippen molar-refractivity contribution in [2.24, 2.45) is 34.8 Å². The van der Waals surface area contributed by atoms with Gasteiger partial charge in [0, 0.05) is 67.0 Å². The fourth-order valence-corrected chi connectivity index (χ4v) is 16.0. The maximum Gasteiger partial charge on any atom is 0.322 e. The van der Waals surface area contributed by atoms with Crippen LogP contribution in [0.2, 0.25) is 0 Å². The van der Waals surface area contributed by atoms with E-state index in [2.05, 4.69) is 101 Å². The normalized spacial score (nSPS) is 23.8. The molecule has 135 heavy (non-hydrogen) atoms. The van der Waals surface area contributed by atoms with Crippen LogP contribution in [0, 0.1) is 28.1 Å². The summed E-state index contributed by atoms with van der Waals surface area (Å²) in [5.41, 5.74) is 24.0. The smallest absolute Gasteiger partial charge is 0.322 e. The zero-order valence-corrected chi connectivity index (χ0v) is 77.8. The molecule has 2 aliphatic rings. The lowest BCUT2D eigenvalue weighted by Gasteiger charge is -2.29. The first-order valence-electron chi connectivity index (χ1n) is 43.0. The van der Waals surface area contributed by atoms with Crippen molar-refractivity contribution >= 4 is 166 Å². The SMILES string of the molecule is CC(C)C[C@H]1NC(=O)[C@H](CCCNC(=N)N)NC(=O)CNC(=O)[C@H](CCCNC(=N)N)NC(=O)[C@@H]2CSCc3cc(cc(c3)CSC[C@@H](C(=O)NCC(=O)O)NC(=O)[C@H](C)NC(=O)[C@H](CO)NC1=O)CSC[C@H](NC(=O)[C@H](C)N)C(=O)N[C@@H](CO)C(=O)N[C@@H](CCCNC(=N)N)C(=O)N[C@@H](Cc1ccc(O)cc1)C(=O)N[C@@H](CCC(=O)O)C(=O)N[C@@H](C(C)C)C(=O)N[C@@H](CC(=O)O)C(=O)N2. The third-order valence-electron chi connectivity index (χ3n) is 20.1. The van der Waals surface area contributed by atoms with E-state index in [9.17, 15) is 112 Å². The van der Waals surface area contributed by atoms with Crippen molar-refractivity contribution in [2.75, 3.05) is 63.2 Å². The number of fused-ring (bicyclic) bond motifs is 5. The number of nitrogens with one attached hydrogen (secondary N) is 22. The number of carboxylic acids is 3. The minimum atomic E-state index is -2.18. The molecule has 0 aliphatic carbocycles. The second kappa shape index (κ2) is 58.8. The number of aliphatic hydroxyl groups is 2. The van der Waals surface area contributed by atoms with Gasteiger partial charge in [0.15, 0.2) is 17.9 Å². The number of carbonyl (C=O) groups excluding carboxylic acids is 16. The third kappa shape index (κ3) is 43.2. The van der Waals surface area contributed by atoms with E-state index in [0.717, 1.165) is 35.3 Å². The van der Waals surface area contributed by atoms with Crippen molar-refractivity contribution in [3.8, 4) is 5.75 Å². The summed E-state index contributed by atoms with van der Waals surface area (Å²) in [6.07, 6.45) is -4.56. The van der Waals surface area contributed by atoms with Crippen molar-refractivity contribution in [3.05, 3.63) is 64.7 Å². The molecule has 15 atom stereocenters. The minimum absolute atomic E-state index is 0.00576. The first-order valence-corrected chi connectivity index (χ1v) is 46.4. The monoisotopic (exact) mass is 1960 g/mol. The molecule has 0 radical (unpaired) electrons. The van der Waals surface area contributed by atoms with Crippen LogP contribution < -0.4 is 124 Å². The van der Waals surface area contributed by atoms with Crippen molar-refractivity contribution in [1.82, 2.24) is 101 Å². The number of phenolic OH excluding ortho intramolecular Hbond substituents is 1. The summed E-state index contributed by atoms with van der Waals surface area (Å²) in [5.74, 6) is -27.6. The van der Waals surface area contributed by atoms with Crippen LogP contribution in [-0.2, 0) is 115 Å². The molecule has 2 aromatic carbocycles. The Morgan fingerprint density at radius 2 is 0.889 bits per heavy atom. The molecular weight excluding hydrogens is 1830 g/mol. The fraction of sp³-hybridized carbons (Fsp3) is 0.580. The average molecular weight is 1960 g/mol. The predicted molar refractivity (Wildman–Crippen MR) is 492 cm³/mol. The first-order chi connectivity index (χ1) is 63.7. The Kier molecular flexibility index (Phi) is 49.8. The Bertz CT molecular complexity index is 4520. The molecule has 4 rings (SSSR count). The van der Waals surface area contributed by atoms with E-state index in [0.29, 0.717) is 16.7 Å². The number of aliphatic hydroxyl groups excluding tert-OH is 2. The summed E-state index contributed by atoms with van der Waals surface area (Å²) in [6.45, 7) is 4.15. The highest BCUT2D eigenvalue weighted by Gasteiger charge is 2.40. The van der Waals surface area contributed by atoms with Gasteiger partial charge in [-0.05, 0) is 111 Å². The van der Waals surface area contributed by atoms with Gasteiger partial charge < -0.3 is 155 Å². The highest BCUT2D eigenvalue weighted by Crippen LogP contribution is 2.26. The van der Waals surface area contributed by atoms with E-state index in [1.807, 2.05) is 0 Å². The summed E-state index contributed by atoms with van der Waals surface area (Å²) in [4.78, 5) is 269. The van der Waals surface area contributed by atoms with E-state index >= 15 is 9.59 Å². The molecule has 4 bridgehead atoms. The molecule has 54 heteroatoms. The van der Waals surface area contributed by atoms with E-state index in [-0.39, 0.29) is 111 Å². The lowest BCUT2D eigenvalue weighted by molar-refractivity contribution is -0.142. The van der Waals surface area contributed by atoms with Crippen LogP contribution in [0.1, 0.15) is 128 Å². The molecule has 0 aromatic heterocycles. The Morgan fingerprint density at radius 3 is 1.39 bits per heavy atom. The number of carboxylic acid groups (broad SMARTS) is 3. The van der Waals surface area contributed by atoms with Crippen LogP contribution in [0.5, 0.6) is 5.75 Å². The van der Waals surface area contributed by atoms with Gasteiger partial charge in [0.1, 0.15) is 96.9 Å². The zero-order chi connectivity index (χ0) is 101. The van der Waals surface area contributed by atoms with Gasteiger partial charge >= 0.3 is 17.9 Å². The van der Waals surface area contributed by atoms with Crippen LogP contribution in [0.25, 0.3) is 0 Å². The van der Waals surface area contributed by atoms with Gasteiger partial charge in [0.2, 0.25) is 94.5 Å². The molecule has 0 fully saturated rings. The number of nitrogens with two attached hydrogens (primary N) is 4. The number of guanidine groups is 3. The van der Waals surface area contributed by atoms with Crippen LogP contribution >= 0.6 is 35.3 Å². The van der Waals surface area contributed by atoms with Crippen LogP contribution in [0.15, 0.2) is 42.5 Å². The average Bonchev–Trinajstić information content (AvgIpc) is 1.08. The Morgan fingerprint density at radius 1 is 0.459 bits per heavy atom. The molecular formula is C81H126N26O25S3. The molecule has 0 unspecified atom stereocenters. The molecule has 2 heterocycles. The number of amides is 16. The number of aromatic hydroxyl groups is 1. The number of phenols is 1. The summed E-state index contributed by atoms with van der Waals surface area (Å²) in [6, 6.07) is -15.9. The maximum atomic E-state index is 15.3. The van der Waals surface area contributed by atoms with Crippen LogP contribution in [0.4, 0.5) is 0 Å². The first kappa shape index (κ1) is 114. The molecule has 51 nitrogen and oxygen atoms in total. The number of hydrogen-bond acceptors (Lipinski definition) is 29. The Hall–Kier alpha value is -13.1. The molecule has 2 aliphatic heterocycles. The highest BCUT2D eigenvalue weighted by atomic mass is 32.2. The molecule has 748 valence electrons. The lowest BCUT2D eigenvalue weighted by atomic mass is 10.0. The van der Waals surface area contributed by atoms with Gasteiger partial charge in [-0.15, -0.1) is 0 Å². The number of rotatable bonds is 29. The number of benzene rings is 2. The van der Waals surface area contributed by atoms with Gasteiger partial charge in [0.05, 0.1) is 32.2 Å². The minimum Gasteiger partial charge on any atom is -0.508 e. The van der Waals surface area contributed by atoms with Crippen molar-refractivity contribution < 1.29 is 122 Å². The topological polar surface area (TPSA) is 850 Å². The quantitative estimate of drug-likeness (QED) is 0.0204. The third-order valence-corrected chi connectivity index (χ3v) is 23.4. The predicted octanol–water partition coefficient (Wildman–Crippen LogP) is -9.35. The number of hydrogen-bond donors (Lipinski definition) is 32. The van der Waals surface area contributed by atoms with Gasteiger partial charge in [-0.1, -0.05) is 58.0 Å². The number of carbonyl (C=O) groups is 19.